The average Bonchev–Trinajstić information content (AvgIpc) is 3.08. The Morgan fingerprint density at radius 2 is 1.67 bits per heavy atom. The van der Waals surface area contributed by atoms with E-state index in [2.05, 4.69) is 70.0 Å². The van der Waals surface area contributed by atoms with Crippen LogP contribution in [-0.4, -0.2) is 40.9 Å². The fraction of sp³-hybridized carbons (Fsp3) is 0.571. The summed E-state index contributed by atoms with van der Waals surface area (Å²) in [6.07, 6.45) is 4.48. The zero-order valence-electron chi connectivity index (χ0n) is 21.7. The summed E-state index contributed by atoms with van der Waals surface area (Å²) in [4.78, 5) is 7.75. The first-order valence-corrected chi connectivity index (χ1v) is 12.5. The van der Waals surface area contributed by atoms with Gasteiger partial charge in [0.1, 0.15) is 5.82 Å². The molecule has 0 radical (unpaired) electrons. The van der Waals surface area contributed by atoms with Crippen LogP contribution in [0.2, 0.25) is 0 Å². The van der Waals surface area contributed by atoms with Gasteiger partial charge in [0.25, 0.3) is 0 Å². The number of anilines is 1. The average molecular weight is 449 g/mol. The summed E-state index contributed by atoms with van der Waals surface area (Å²) in [5.74, 6) is 1.88. The maximum atomic E-state index is 5.67. The van der Waals surface area contributed by atoms with Crippen LogP contribution in [0.5, 0.6) is 0 Å². The summed E-state index contributed by atoms with van der Waals surface area (Å²) in [5.41, 5.74) is 10.8. The number of rotatable bonds is 7. The highest BCUT2D eigenvalue weighted by molar-refractivity contribution is 5.85. The van der Waals surface area contributed by atoms with Gasteiger partial charge >= 0.3 is 0 Å². The van der Waals surface area contributed by atoms with Crippen molar-refractivity contribution in [2.24, 2.45) is 5.92 Å². The zero-order chi connectivity index (χ0) is 23.9. The van der Waals surface area contributed by atoms with E-state index >= 15 is 0 Å². The van der Waals surface area contributed by atoms with Gasteiger partial charge in [-0.05, 0) is 70.1 Å². The Bertz CT molecular complexity index is 1140. The van der Waals surface area contributed by atoms with E-state index in [9.17, 15) is 0 Å². The number of hydrogen-bond acceptors (Lipinski definition) is 4. The van der Waals surface area contributed by atoms with Gasteiger partial charge in [-0.2, -0.15) is 9.61 Å². The van der Waals surface area contributed by atoms with Gasteiger partial charge in [0.15, 0.2) is 5.65 Å². The molecule has 5 nitrogen and oxygen atoms in total. The van der Waals surface area contributed by atoms with E-state index in [1.165, 1.54) is 52.0 Å². The lowest BCUT2D eigenvalue weighted by atomic mass is 9.93. The molecule has 1 aromatic carbocycles. The van der Waals surface area contributed by atoms with Crippen molar-refractivity contribution < 1.29 is 4.74 Å². The molecule has 4 rings (SSSR count). The molecule has 0 saturated heterocycles. The molecule has 2 aromatic heterocycles. The molecule has 178 valence electrons. The van der Waals surface area contributed by atoms with Gasteiger partial charge in [0.2, 0.25) is 0 Å². The lowest BCUT2D eigenvalue weighted by molar-refractivity contribution is 0.168. The van der Waals surface area contributed by atoms with E-state index in [1.807, 2.05) is 7.11 Å². The second-order valence-corrected chi connectivity index (χ2v) is 9.95. The molecule has 33 heavy (non-hydrogen) atoms. The standard InChI is InChI=1S/C28H40N4O/c1-9-22(10-2)15-31-23(16-33-8)11-12-24-20(6)29-27-26(21(7)30-32(27)28(24)31)25-18(4)13-17(3)14-19(25)5/h13-14,22-23H,9-12,15-16H2,1-8H3. The number of aryl methyl sites for hydroxylation is 5. The smallest absolute Gasteiger partial charge is 0.165 e. The summed E-state index contributed by atoms with van der Waals surface area (Å²) >= 11 is 0. The van der Waals surface area contributed by atoms with Gasteiger partial charge in [-0.3, -0.25) is 0 Å². The topological polar surface area (TPSA) is 42.7 Å². The molecule has 0 fully saturated rings. The number of methoxy groups -OCH3 is 1. The Labute approximate surface area is 199 Å². The molecule has 0 saturated carbocycles. The lowest BCUT2D eigenvalue weighted by Gasteiger charge is -2.40. The van der Waals surface area contributed by atoms with Crippen molar-refractivity contribution in [1.82, 2.24) is 14.6 Å². The van der Waals surface area contributed by atoms with Crippen LogP contribution in [0.15, 0.2) is 12.1 Å². The quantitative estimate of drug-likeness (QED) is 0.435. The van der Waals surface area contributed by atoms with Gasteiger partial charge in [0.05, 0.1) is 23.9 Å². The van der Waals surface area contributed by atoms with E-state index in [4.69, 9.17) is 14.8 Å². The summed E-state index contributed by atoms with van der Waals surface area (Å²) in [6.45, 7) is 17.3. The molecule has 3 aromatic rings. The van der Waals surface area contributed by atoms with E-state index < -0.39 is 0 Å². The SMILES string of the molecule is CCC(CC)CN1c2c(c(C)nc3c(-c4c(C)cc(C)cc4C)c(C)nn23)CCC1COC. The maximum absolute atomic E-state index is 5.67. The van der Waals surface area contributed by atoms with Gasteiger partial charge < -0.3 is 9.64 Å². The molecule has 1 atom stereocenters. The van der Waals surface area contributed by atoms with Crippen LogP contribution in [0, 0.1) is 40.5 Å². The number of benzene rings is 1. The van der Waals surface area contributed by atoms with Crippen LogP contribution >= 0.6 is 0 Å². The van der Waals surface area contributed by atoms with Crippen LogP contribution in [0.3, 0.4) is 0 Å². The Kier molecular flexibility index (Phi) is 6.81. The molecule has 0 spiro atoms. The summed E-state index contributed by atoms with van der Waals surface area (Å²) in [5, 5.41) is 5.12. The predicted molar refractivity (Wildman–Crippen MR) is 138 cm³/mol. The minimum atomic E-state index is 0.365. The number of nitrogens with zero attached hydrogens (tertiary/aromatic N) is 4. The minimum Gasteiger partial charge on any atom is -0.383 e. The molecular weight excluding hydrogens is 408 g/mol. The molecule has 1 aliphatic heterocycles. The van der Waals surface area contributed by atoms with Crippen molar-refractivity contribution in [3.8, 4) is 11.1 Å². The number of hydrogen-bond donors (Lipinski definition) is 0. The largest absolute Gasteiger partial charge is 0.383 e. The van der Waals surface area contributed by atoms with Crippen molar-refractivity contribution in [3.63, 3.8) is 0 Å². The van der Waals surface area contributed by atoms with Crippen molar-refractivity contribution in [3.05, 3.63) is 45.8 Å². The molecule has 0 bridgehead atoms. The van der Waals surface area contributed by atoms with Crippen molar-refractivity contribution >= 4 is 11.5 Å². The molecule has 1 unspecified atom stereocenters. The fourth-order valence-electron chi connectivity index (χ4n) is 5.80. The molecule has 0 aliphatic carbocycles. The van der Waals surface area contributed by atoms with E-state index in [1.54, 1.807) is 0 Å². The third-order valence-corrected chi connectivity index (χ3v) is 7.55. The molecule has 1 aliphatic rings. The van der Waals surface area contributed by atoms with Crippen molar-refractivity contribution in [1.29, 1.82) is 0 Å². The van der Waals surface area contributed by atoms with E-state index in [0.717, 1.165) is 43.0 Å². The fourth-order valence-corrected chi connectivity index (χ4v) is 5.80. The Morgan fingerprint density at radius 1 is 1.00 bits per heavy atom. The van der Waals surface area contributed by atoms with E-state index in [-0.39, 0.29) is 0 Å². The minimum absolute atomic E-state index is 0.365. The van der Waals surface area contributed by atoms with Gasteiger partial charge in [-0.25, -0.2) is 4.98 Å². The second kappa shape index (κ2) is 9.46. The first kappa shape index (κ1) is 23.7. The summed E-state index contributed by atoms with van der Waals surface area (Å²) < 4.78 is 7.82. The maximum Gasteiger partial charge on any atom is 0.165 e. The first-order chi connectivity index (χ1) is 15.8. The predicted octanol–water partition coefficient (Wildman–Crippen LogP) is 6.14. The Morgan fingerprint density at radius 3 is 2.27 bits per heavy atom. The van der Waals surface area contributed by atoms with Gasteiger partial charge in [0, 0.05) is 24.9 Å². The zero-order valence-corrected chi connectivity index (χ0v) is 21.7. The molecule has 3 heterocycles. The first-order valence-electron chi connectivity index (χ1n) is 12.5. The van der Waals surface area contributed by atoms with Gasteiger partial charge in [-0.15, -0.1) is 0 Å². The van der Waals surface area contributed by atoms with Crippen LogP contribution in [0.4, 0.5) is 5.82 Å². The highest BCUT2D eigenvalue weighted by Gasteiger charge is 2.33. The highest BCUT2D eigenvalue weighted by Crippen LogP contribution is 2.39. The molecule has 0 amide bonds. The van der Waals surface area contributed by atoms with Crippen LogP contribution in [0.1, 0.15) is 66.8 Å². The van der Waals surface area contributed by atoms with Crippen LogP contribution in [-0.2, 0) is 11.2 Å². The van der Waals surface area contributed by atoms with Crippen molar-refractivity contribution in [2.75, 3.05) is 25.2 Å². The lowest BCUT2D eigenvalue weighted by Crippen LogP contribution is -2.46. The highest BCUT2D eigenvalue weighted by atomic mass is 16.5. The van der Waals surface area contributed by atoms with Crippen LogP contribution in [0.25, 0.3) is 16.8 Å². The number of ether oxygens (including phenoxy) is 1. The second-order valence-electron chi connectivity index (χ2n) is 9.95. The van der Waals surface area contributed by atoms with Crippen molar-refractivity contribution in [2.45, 2.75) is 80.2 Å². The van der Waals surface area contributed by atoms with Crippen LogP contribution < -0.4 is 4.90 Å². The normalized spacial score (nSPS) is 16.2. The summed E-state index contributed by atoms with van der Waals surface area (Å²) in [7, 11) is 1.82. The summed E-state index contributed by atoms with van der Waals surface area (Å²) in [6, 6.07) is 4.90. The molecule has 5 heteroatoms. The van der Waals surface area contributed by atoms with Gasteiger partial charge in [-0.1, -0.05) is 44.4 Å². The van der Waals surface area contributed by atoms with E-state index in [0.29, 0.717) is 12.0 Å². The molecule has 0 N–H and O–H groups in total. The molecular formula is C28H40N4O. The third-order valence-electron chi connectivity index (χ3n) is 7.55. The monoisotopic (exact) mass is 448 g/mol. The Hall–Kier alpha value is -2.40. The third kappa shape index (κ3) is 4.16. The number of fused-ring (bicyclic) bond motifs is 3. The number of aromatic nitrogens is 3. The Balaban J connectivity index is 1.98.